The Labute approximate surface area is 220 Å². The van der Waals surface area contributed by atoms with Gasteiger partial charge in [0.25, 0.3) is 0 Å². The maximum atomic E-state index is 10.3. The van der Waals surface area contributed by atoms with Gasteiger partial charge in [-0.05, 0) is 37.6 Å². The van der Waals surface area contributed by atoms with E-state index >= 15 is 0 Å². The molecule has 1 fully saturated rings. The molecule has 12 heteroatoms. The van der Waals surface area contributed by atoms with E-state index in [0.717, 1.165) is 36.4 Å². The molecule has 4 heterocycles. The molecule has 3 aromatic heterocycles. The highest BCUT2D eigenvalue weighted by Gasteiger charge is 2.23. The van der Waals surface area contributed by atoms with Crippen LogP contribution in [0.15, 0.2) is 42.9 Å². The van der Waals surface area contributed by atoms with E-state index in [4.69, 9.17) is 20.6 Å². The third kappa shape index (κ3) is 5.15. The molecule has 1 aliphatic heterocycles. The zero-order valence-electron chi connectivity index (χ0n) is 21.4. The van der Waals surface area contributed by atoms with E-state index in [2.05, 4.69) is 31.2 Å². The van der Waals surface area contributed by atoms with Gasteiger partial charge in [-0.15, -0.1) is 0 Å². The van der Waals surface area contributed by atoms with Gasteiger partial charge >= 0.3 is 0 Å². The fourth-order valence-electron chi connectivity index (χ4n) is 4.52. The Morgan fingerprint density at radius 3 is 2.84 bits per heavy atom. The average Bonchev–Trinajstić information content (AvgIpc) is 3.30. The van der Waals surface area contributed by atoms with Gasteiger partial charge in [0, 0.05) is 44.1 Å². The number of ether oxygens (including phenoxy) is 1. The number of fused-ring (bicyclic) bond motifs is 1. The summed E-state index contributed by atoms with van der Waals surface area (Å²) < 4.78 is 7.33. The summed E-state index contributed by atoms with van der Waals surface area (Å²) in [6.07, 6.45) is 3.21. The summed E-state index contributed by atoms with van der Waals surface area (Å²) in [5.74, 6) is 1.82. The van der Waals surface area contributed by atoms with E-state index in [1.54, 1.807) is 12.1 Å². The molecule has 1 aromatic carbocycles. The third-order valence-corrected chi connectivity index (χ3v) is 6.58. The van der Waals surface area contributed by atoms with E-state index in [0.29, 0.717) is 37.2 Å². The molecular weight excluding hydrogens is 484 g/mol. The van der Waals surface area contributed by atoms with Crippen LogP contribution in [-0.2, 0) is 4.74 Å². The minimum Gasteiger partial charge on any atom is -0.508 e. The van der Waals surface area contributed by atoms with Crippen LogP contribution in [0.3, 0.4) is 0 Å². The normalized spacial score (nSPS) is 14.8. The van der Waals surface area contributed by atoms with Gasteiger partial charge in [-0.3, -0.25) is 4.90 Å². The Bertz CT molecular complexity index is 1470. The fraction of sp³-hybridized carbons (Fsp3) is 0.346. The number of benzene rings is 1. The minimum absolute atomic E-state index is 0.105. The largest absolute Gasteiger partial charge is 0.508 e. The quantitative estimate of drug-likeness (QED) is 0.318. The van der Waals surface area contributed by atoms with Gasteiger partial charge < -0.3 is 25.8 Å². The van der Waals surface area contributed by atoms with Crippen molar-refractivity contribution in [1.82, 2.24) is 29.5 Å². The molecule has 12 nitrogen and oxygen atoms in total. The van der Waals surface area contributed by atoms with Crippen LogP contribution in [0.2, 0.25) is 0 Å². The number of phenolic OH excluding ortho intramolecular Hbond substituents is 1. The molecule has 1 saturated heterocycles. The Hall–Kier alpha value is -4.47. The first-order valence-corrected chi connectivity index (χ1v) is 12.4. The highest BCUT2D eigenvalue weighted by molar-refractivity contribution is 5.78. The van der Waals surface area contributed by atoms with Gasteiger partial charge in [0.15, 0.2) is 11.6 Å². The maximum Gasteiger partial charge on any atom is 0.173 e. The maximum absolute atomic E-state index is 10.3. The lowest BCUT2D eigenvalue weighted by Gasteiger charge is -2.31. The standard InChI is InChI=1S/C26H30N10O2/c1-17-6-7-36-22(17)26(32-24(33-36)18(2)31-25-21(15-27)23(28)29-16-30-25)35(19-4-3-5-20(37)14-19)9-8-34-10-12-38-13-11-34/h3-7,14,16,18,37H,8-13H2,1-2H3,(H3,28,29,30,31)/t18-/m0/s1. The summed E-state index contributed by atoms with van der Waals surface area (Å²) in [5, 5.41) is 27.8. The summed E-state index contributed by atoms with van der Waals surface area (Å²) in [4.78, 5) is 17.6. The average molecular weight is 515 g/mol. The van der Waals surface area contributed by atoms with Crippen molar-refractivity contribution in [3.05, 3.63) is 59.8 Å². The number of hydrogen-bond acceptors (Lipinski definition) is 11. The van der Waals surface area contributed by atoms with Crippen LogP contribution in [0.1, 0.15) is 29.9 Å². The van der Waals surface area contributed by atoms with E-state index in [-0.39, 0.29) is 17.1 Å². The number of nitriles is 1. The van der Waals surface area contributed by atoms with E-state index in [1.807, 2.05) is 42.8 Å². The Kier molecular flexibility index (Phi) is 7.21. The number of aromatic hydroxyl groups is 1. The number of nitrogens with two attached hydrogens (primary N) is 1. The zero-order chi connectivity index (χ0) is 26.6. The lowest BCUT2D eigenvalue weighted by atomic mass is 10.2. The fourth-order valence-corrected chi connectivity index (χ4v) is 4.52. The van der Waals surface area contributed by atoms with Gasteiger partial charge in [0.2, 0.25) is 0 Å². The Morgan fingerprint density at radius 1 is 1.26 bits per heavy atom. The predicted octanol–water partition coefficient (Wildman–Crippen LogP) is 2.63. The monoisotopic (exact) mass is 514 g/mol. The number of nitrogens with zero attached hydrogens (tertiary/aromatic N) is 8. The van der Waals surface area contributed by atoms with E-state index in [1.165, 1.54) is 6.33 Å². The lowest BCUT2D eigenvalue weighted by Crippen LogP contribution is -2.40. The van der Waals surface area contributed by atoms with Crippen molar-refractivity contribution in [2.75, 3.05) is 55.3 Å². The molecule has 0 bridgehead atoms. The summed E-state index contributed by atoms with van der Waals surface area (Å²) in [6, 6.07) is 10.8. The van der Waals surface area contributed by atoms with Crippen molar-refractivity contribution >= 4 is 28.7 Å². The molecule has 5 rings (SSSR count). The summed E-state index contributed by atoms with van der Waals surface area (Å²) in [5.41, 5.74) is 8.76. The smallest absolute Gasteiger partial charge is 0.173 e. The van der Waals surface area contributed by atoms with Crippen molar-refractivity contribution in [1.29, 1.82) is 5.26 Å². The number of rotatable bonds is 8. The third-order valence-electron chi connectivity index (χ3n) is 6.58. The van der Waals surface area contributed by atoms with Crippen LogP contribution < -0.4 is 16.0 Å². The number of nitrogens with one attached hydrogen (secondary N) is 1. The van der Waals surface area contributed by atoms with E-state index in [9.17, 15) is 10.4 Å². The lowest BCUT2D eigenvalue weighted by molar-refractivity contribution is 0.0394. The number of aromatic nitrogens is 5. The van der Waals surface area contributed by atoms with Crippen LogP contribution >= 0.6 is 0 Å². The predicted molar refractivity (Wildman–Crippen MR) is 143 cm³/mol. The summed E-state index contributed by atoms with van der Waals surface area (Å²) >= 11 is 0. The molecule has 0 amide bonds. The first-order valence-electron chi connectivity index (χ1n) is 12.4. The molecular formula is C26H30N10O2. The number of anilines is 4. The summed E-state index contributed by atoms with van der Waals surface area (Å²) in [6.45, 7) is 8.52. The Morgan fingerprint density at radius 2 is 2.08 bits per heavy atom. The van der Waals surface area contributed by atoms with Crippen LogP contribution in [-0.4, -0.2) is 74.0 Å². The second kappa shape index (κ2) is 10.9. The molecule has 0 unspecified atom stereocenters. The minimum atomic E-state index is -0.410. The first kappa shape index (κ1) is 25.2. The van der Waals surface area contributed by atoms with Crippen molar-refractivity contribution < 1.29 is 9.84 Å². The molecule has 4 N–H and O–H groups in total. The van der Waals surface area contributed by atoms with Crippen LogP contribution in [0, 0.1) is 18.3 Å². The molecule has 1 atom stereocenters. The topological polar surface area (TPSA) is 154 Å². The molecule has 38 heavy (non-hydrogen) atoms. The molecule has 196 valence electrons. The Balaban J connectivity index is 1.56. The van der Waals surface area contributed by atoms with Crippen molar-refractivity contribution in [3.63, 3.8) is 0 Å². The van der Waals surface area contributed by atoms with Crippen molar-refractivity contribution in [2.24, 2.45) is 0 Å². The molecule has 0 saturated carbocycles. The molecule has 0 aliphatic carbocycles. The molecule has 1 aliphatic rings. The van der Waals surface area contributed by atoms with Gasteiger partial charge in [0.05, 0.1) is 19.3 Å². The van der Waals surface area contributed by atoms with E-state index < -0.39 is 6.04 Å². The molecule has 0 spiro atoms. The SMILES string of the molecule is Cc1ccn2nc([C@H](C)Nc3ncnc(N)c3C#N)nc(N(CCN3CCOCC3)c3cccc(O)c3)c12. The van der Waals surface area contributed by atoms with Crippen LogP contribution in [0.5, 0.6) is 5.75 Å². The zero-order valence-corrected chi connectivity index (χ0v) is 21.4. The molecule has 0 radical (unpaired) electrons. The van der Waals surface area contributed by atoms with Crippen molar-refractivity contribution in [2.45, 2.75) is 19.9 Å². The van der Waals surface area contributed by atoms with Gasteiger partial charge in [0.1, 0.15) is 40.9 Å². The number of morpholine rings is 1. The number of hydrogen-bond donors (Lipinski definition) is 3. The second-order valence-corrected chi connectivity index (χ2v) is 9.17. The van der Waals surface area contributed by atoms with Crippen LogP contribution in [0.4, 0.5) is 23.1 Å². The molecule has 4 aromatic rings. The van der Waals surface area contributed by atoms with Gasteiger partial charge in [-0.2, -0.15) is 10.4 Å². The first-order chi connectivity index (χ1) is 18.4. The highest BCUT2D eigenvalue weighted by Crippen LogP contribution is 2.32. The highest BCUT2D eigenvalue weighted by atomic mass is 16.5. The van der Waals surface area contributed by atoms with Crippen LogP contribution in [0.25, 0.3) is 5.52 Å². The van der Waals surface area contributed by atoms with Gasteiger partial charge in [-0.1, -0.05) is 6.07 Å². The number of phenols is 1. The number of aryl methyl sites for hydroxylation is 1. The van der Waals surface area contributed by atoms with Gasteiger partial charge in [-0.25, -0.2) is 19.5 Å². The number of nitrogen functional groups attached to an aromatic ring is 1. The summed E-state index contributed by atoms with van der Waals surface area (Å²) in [7, 11) is 0. The second-order valence-electron chi connectivity index (χ2n) is 9.17. The van der Waals surface area contributed by atoms with Crippen molar-refractivity contribution in [3.8, 4) is 11.8 Å².